The van der Waals surface area contributed by atoms with E-state index in [1.165, 1.54) is 0 Å². The number of carbonyl (C=O) groups is 4. The molecule has 1 amide bonds. The molecule has 200 valence electrons. The first-order valence-corrected chi connectivity index (χ1v) is 13.1. The summed E-state index contributed by atoms with van der Waals surface area (Å²) in [6.45, 7) is 2.80. The molecule has 1 saturated carbocycles. The molecule has 2 aromatic rings. The lowest BCUT2D eigenvalue weighted by atomic mass is 9.98. The highest BCUT2D eigenvalue weighted by atomic mass is 16.5. The van der Waals surface area contributed by atoms with Crippen LogP contribution < -0.4 is 14.4 Å². The fourth-order valence-electron chi connectivity index (χ4n) is 5.33. The third-order valence-corrected chi connectivity index (χ3v) is 7.50. The molecule has 1 unspecified atom stereocenters. The minimum Gasteiger partial charge on any atom is -0.484 e. The predicted octanol–water partition coefficient (Wildman–Crippen LogP) is 1.99. The van der Waals surface area contributed by atoms with E-state index in [9.17, 15) is 19.2 Å². The van der Waals surface area contributed by atoms with Gasteiger partial charge in [-0.1, -0.05) is 13.3 Å². The van der Waals surface area contributed by atoms with Gasteiger partial charge in [0.15, 0.2) is 11.6 Å². The van der Waals surface area contributed by atoms with Crippen molar-refractivity contribution in [1.29, 1.82) is 0 Å². The Hall–Kier alpha value is -3.66. The summed E-state index contributed by atoms with van der Waals surface area (Å²) < 4.78 is 10.6. The molecule has 2 fully saturated rings. The van der Waals surface area contributed by atoms with Crippen molar-refractivity contribution in [2.45, 2.75) is 51.4 Å². The highest BCUT2D eigenvalue weighted by Gasteiger charge is 2.34. The van der Waals surface area contributed by atoms with Crippen LogP contribution in [0.1, 0.15) is 55.6 Å². The zero-order valence-corrected chi connectivity index (χ0v) is 21.4. The summed E-state index contributed by atoms with van der Waals surface area (Å²) in [7, 11) is 0. The number of hydrogen-bond donors (Lipinski definition) is 1. The van der Waals surface area contributed by atoms with E-state index < -0.39 is 0 Å². The van der Waals surface area contributed by atoms with Gasteiger partial charge in [0.1, 0.15) is 36.3 Å². The molecule has 4 aliphatic rings. The summed E-state index contributed by atoms with van der Waals surface area (Å²) >= 11 is 0. The van der Waals surface area contributed by atoms with Crippen molar-refractivity contribution in [3.05, 3.63) is 41.3 Å². The van der Waals surface area contributed by atoms with Gasteiger partial charge < -0.3 is 14.6 Å². The van der Waals surface area contributed by atoms with Crippen LogP contribution in [0, 0.1) is 11.8 Å². The second kappa shape index (κ2) is 11.0. The topological polar surface area (TPSA) is 136 Å². The Bertz CT molecular complexity index is 1180. The first-order chi connectivity index (χ1) is 18.3. The number of fused-ring (bicyclic) bond motifs is 2. The quantitative estimate of drug-likeness (QED) is 0.640. The Labute approximate surface area is 220 Å². The largest absolute Gasteiger partial charge is 0.484 e. The molecule has 10 nitrogen and oxygen atoms in total. The van der Waals surface area contributed by atoms with Crippen LogP contribution >= 0.6 is 0 Å². The number of rotatable bonds is 4. The second-order valence-corrected chi connectivity index (χ2v) is 10.3. The van der Waals surface area contributed by atoms with Crippen LogP contribution in [0.15, 0.2) is 24.3 Å². The summed E-state index contributed by atoms with van der Waals surface area (Å²) in [5, 5.41) is 9.11. The summed E-state index contributed by atoms with van der Waals surface area (Å²) in [4.78, 5) is 57.0. The van der Waals surface area contributed by atoms with E-state index in [0.717, 1.165) is 18.5 Å². The van der Waals surface area contributed by atoms with Gasteiger partial charge in [-0.15, -0.1) is 0 Å². The predicted molar refractivity (Wildman–Crippen MR) is 135 cm³/mol. The third-order valence-electron chi connectivity index (χ3n) is 7.50. The molecule has 10 heteroatoms. The van der Waals surface area contributed by atoms with E-state index in [1.54, 1.807) is 17.0 Å². The average Bonchev–Trinajstić information content (AvgIpc) is 3.49. The highest BCUT2D eigenvalue weighted by molar-refractivity contribution is 5.95. The van der Waals surface area contributed by atoms with Crippen molar-refractivity contribution in [3.8, 4) is 11.5 Å². The van der Waals surface area contributed by atoms with Crippen molar-refractivity contribution in [1.82, 2.24) is 9.97 Å². The van der Waals surface area contributed by atoms with Crippen LogP contribution in [-0.2, 0) is 32.0 Å². The van der Waals surface area contributed by atoms with E-state index in [2.05, 4.69) is 16.9 Å². The second-order valence-electron chi connectivity index (χ2n) is 10.3. The van der Waals surface area contributed by atoms with Crippen molar-refractivity contribution < 1.29 is 33.8 Å². The standard InChI is InChI=1S/C15H17NO3.C13H14N2O4/c1-2-9-5-11(14(18)6-9)12-3-4-15-13(16-12)7-10(17)8-19-15;16-6-8-3-13(18)15(5-8)12-2-1-11-10(14-12)4-9(17)7-19-11/h3-4,9,11H,2,5-8H2,1H3;1-2,8,16H,3-7H2/t9-,11?;8-/m01/s1. The fraction of sp³-hybridized carbons (Fsp3) is 0.500. The lowest BCUT2D eigenvalue weighted by molar-refractivity contribution is -0.122. The van der Waals surface area contributed by atoms with Gasteiger partial charge in [0.25, 0.3) is 0 Å². The van der Waals surface area contributed by atoms with Crippen LogP contribution in [0.2, 0.25) is 0 Å². The van der Waals surface area contributed by atoms with Crippen LogP contribution in [-0.4, -0.2) is 64.7 Å². The number of ketones is 3. The summed E-state index contributed by atoms with van der Waals surface area (Å²) in [6, 6.07) is 7.17. The van der Waals surface area contributed by atoms with Gasteiger partial charge in [-0.05, 0) is 36.6 Å². The number of aliphatic hydroxyl groups is 1. The Kier molecular flexibility index (Phi) is 7.51. The van der Waals surface area contributed by atoms with Crippen LogP contribution in [0.4, 0.5) is 5.82 Å². The Morgan fingerprint density at radius 2 is 1.55 bits per heavy atom. The van der Waals surface area contributed by atoms with E-state index in [0.29, 0.717) is 60.4 Å². The van der Waals surface area contributed by atoms with Crippen molar-refractivity contribution in [2.24, 2.45) is 11.8 Å². The number of aliphatic hydroxyl groups excluding tert-OH is 1. The normalized spacial score (nSPS) is 24.3. The molecule has 38 heavy (non-hydrogen) atoms. The molecule has 3 atom stereocenters. The minimum absolute atomic E-state index is 0.00518. The number of pyridine rings is 2. The average molecular weight is 522 g/mol. The molecular weight excluding hydrogens is 490 g/mol. The Morgan fingerprint density at radius 3 is 2.16 bits per heavy atom. The molecule has 0 aromatic carbocycles. The van der Waals surface area contributed by atoms with Crippen LogP contribution in [0.25, 0.3) is 0 Å². The molecule has 0 spiro atoms. The van der Waals surface area contributed by atoms with E-state index in [4.69, 9.17) is 14.6 Å². The van der Waals surface area contributed by atoms with Crippen molar-refractivity contribution >= 4 is 29.1 Å². The number of aromatic nitrogens is 2. The smallest absolute Gasteiger partial charge is 0.228 e. The van der Waals surface area contributed by atoms with Crippen molar-refractivity contribution in [2.75, 3.05) is 31.3 Å². The number of carbonyl (C=O) groups excluding carboxylic acids is 4. The minimum atomic E-state index is -0.0905. The highest BCUT2D eigenvalue weighted by Crippen LogP contribution is 2.37. The van der Waals surface area contributed by atoms with Gasteiger partial charge in [-0.2, -0.15) is 0 Å². The van der Waals surface area contributed by atoms with Gasteiger partial charge in [0.05, 0.1) is 35.8 Å². The molecule has 5 heterocycles. The third kappa shape index (κ3) is 5.45. The van der Waals surface area contributed by atoms with E-state index in [-0.39, 0.29) is 61.3 Å². The SMILES string of the molecule is CC[C@@H]1CC(=O)C(c2ccc3c(n2)CC(=O)CO3)C1.O=C1COc2ccc(N3C[C@H](CO)CC3=O)nc2C1. The summed E-state index contributed by atoms with van der Waals surface area (Å²) in [6.07, 6.45) is 3.49. The van der Waals surface area contributed by atoms with E-state index in [1.807, 2.05) is 12.1 Å². The lowest BCUT2D eigenvalue weighted by Crippen LogP contribution is -2.27. The van der Waals surface area contributed by atoms with Gasteiger partial charge in [-0.25, -0.2) is 4.98 Å². The molecule has 1 aliphatic carbocycles. The van der Waals surface area contributed by atoms with Gasteiger partial charge in [0.2, 0.25) is 5.91 Å². The lowest BCUT2D eigenvalue weighted by Gasteiger charge is -2.20. The zero-order chi connectivity index (χ0) is 26.8. The monoisotopic (exact) mass is 521 g/mol. The molecule has 3 aliphatic heterocycles. The molecule has 6 rings (SSSR count). The van der Waals surface area contributed by atoms with Crippen LogP contribution in [0.3, 0.4) is 0 Å². The Balaban J connectivity index is 0.000000155. The zero-order valence-electron chi connectivity index (χ0n) is 21.4. The number of nitrogens with zero attached hydrogens (tertiary/aromatic N) is 3. The number of Topliss-reactive ketones (excluding diaryl/α,β-unsaturated/α-hetero) is 3. The molecule has 2 aromatic heterocycles. The first-order valence-electron chi connectivity index (χ1n) is 13.1. The van der Waals surface area contributed by atoms with E-state index >= 15 is 0 Å². The van der Waals surface area contributed by atoms with Gasteiger partial charge >= 0.3 is 0 Å². The number of ether oxygens (including phenoxy) is 2. The summed E-state index contributed by atoms with van der Waals surface area (Å²) in [5.74, 6) is 2.42. The number of anilines is 1. The van der Waals surface area contributed by atoms with Crippen molar-refractivity contribution in [3.63, 3.8) is 0 Å². The van der Waals surface area contributed by atoms with Crippen LogP contribution in [0.5, 0.6) is 11.5 Å². The number of amides is 1. The first kappa shape index (κ1) is 26.0. The Morgan fingerprint density at radius 1 is 0.895 bits per heavy atom. The maximum absolute atomic E-state index is 12.0. The maximum Gasteiger partial charge on any atom is 0.228 e. The van der Waals surface area contributed by atoms with Gasteiger partial charge in [-0.3, -0.25) is 29.1 Å². The number of hydrogen-bond acceptors (Lipinski definition) is 9. The molecule has 0 radical (unpaired) electrons. The fourth-order valence-corrected chi connectivity index (χ4v) is 5.33. The maximum atomic E-state index is 12.0. The van der Waals surface area contributed by atoms with Gasteiger partial charge in [0, 0.05) is 31.9 Å². The summed E-state index contributed by atoms with van der Waals surface area (Å²) in [5.41, 5.74) is 2.06. The molecular formula is C28H31N3O7. The molecule has 0 bridgehead atoms. The molecule has 1 N–H and O–H groups in total. The molecule has 1 saturated heterocycles.